The Hall–Kier alpha value is -2.74. The lowest BCUT2D eigenvalue weighted by Crippen LogP contribution is -2.26. The van der Waals surface area contributed by atoms with E-state index >= 15 is 0 Å². The molecule has 2 aromatic carbocycles. The second-order valence-corrected chi connectivity index (χ2v) is 7.96. The number of aryl methyl sites for hydroxylation is 1. The first kappa shape index (κ1) is 20.6. The maximum absolute atomic E-state index is 12.6. The molecule has 7 nitrogen and oxygen atoms in total. The Morgan fingerprint density at radius 1 is 1.04 bits per heavy atom. The van der Waals surface area contributed by atoms with Crippen molar-refractivity contribution in [2.24, 2.45) is 0 Å². The monoisotopic (exact) mass is 392 g/mol. The number of hydrogen-bond donors (Lipinski definition) is 2. The summed E-state index contributed by atoms with van der Waals surface area (Å²) in [4.78, 5) is 12.6. The van der Waals surface area contributed by atoms with Crippen molar-refractivity contribution in [1.29, 1.82) is 0 Å². The smallest absolute Gasteiger partial charge is 0.251 e. The SMILES string of the molecule is COc1ccc([C@@H](C)NC(=O)c2ccc(C)c(NS(C)(=O)=O)c2)cc1OC. The number of amides is 1. The molecule has 0 unspecified atom stereocenters. The van der Waals surface area contributed by atoms with E-state index in [1.54, 1.807) is 45.4 Å². The van der Waals surface area contributed by atoms with Crippen molar-refractivity contribution in [3.05, 3.63) is 53.1 Å². The Morgan fingerprint density at radius 2 is 1.70 bits per heavy atom. The number of carbonyl (C=O) groups excluding carboxylic acids is 1. The van der Waals surface area contributed by atoms with Crippen LogP contribution in [0.15, 0.2) is 36.4 Å². The van der Waals surface area contributed by atoms with Crippen LogP contribution in [-0.4, -0.2) is 34.8 Å². The second kappa shape index (κ2) is 8.30. The Kier molecular flexibility index (Phi) is 6.32. The summed E-state index contributed by atoms with van der Waals surface area (Å²) in [6.07, 6.45) is 1.07. The fraction of sp³-hybridized carbons (Fsp3) is 0.316. The van der Waals surface area contributed by atoms with Gasteiger partial charge in [-0.25, -0.2) is 8.42 Å². The summed E-state index contributed by atoms with van der Waals surface area (Å²) < 4.78 is 35.9. The number of benzene rings is 2. The van der Waals surface area contributed by atoms with Crippen molar-refractivity contribution < 1.29 is 22.7 Å². The third-order valence-corrected chi connectivity index (χ3v) is 4.64. The fourth-order valence-electron chi connectivity index (χ4n) is 2.56. The zero-order valence-electron chi connectivity index (χ0n) is 16.0. The third-order valence-electron chi connectivity index (χ3n) is 4.05. The molecule has 27 heavy (non-hydrogen) atoms. The Balaban J connectivity index is 2.20. The average Bonchev–Trinajstić information content (AvgIpc) is 2.61. The lowest BCUT2D eigenvalue weighted by molar-refractivity contribution is 0.0940. The van der Waals surface area contributed by atoms with Crippen LogP contribution in [0.4, 0.5) is 5.69 Å². The number of ether oxygens (including phenoxy) is 2. The van der Waals surface area contributed by atoms with Crippen LogP contribution in [-0.2, 0) is 10.0 Å². The number of sulfonamides is 1. The topological polar surface area (TPSA) is 93.7 Å². The van der Waals surface area contributed by atoms with E-state index in [9.17, 15) is 13.2 Å². The summed E-state index contributed by atoms with van der Waals surface area (Å²) in [5, 5.41) is 2.90. The van der Waals surface area contributed by atoms with Gasteiger partial charge in [0, 0.05) is 5.56 Å². The van der Waals surface area contributed by atoms with Gasteiger partial charge in [0.15, 0.2) is 11.5 Å². The Morgan fingerprint density at radius 3 is 2.30 bits per heavy atom. The van der Waals surface area contributed by atoms with Crippen LogP contribution in [0, 0.1) is 6.92 Å². The molecule has 8 heteroatoms. The zero-order chi connectivity index (χ0) is 20.2. The molecule has 0 bridgehead atoms. The van der Waals surface area contributed by atoms with Gasteiger partial charge in [0.1, 0.15) is 0 Å². The van der Waals surface area contributed by atoms with E-state index in [0.29, 0.717) is 22.7 Å². The van der Waals surface area contributed by atoms with Crippen molar-refractivity contribution in [1.82, 2.24) is 5.32 Å². The minimum Gasteiger partial charge on any atom is -0.493 e. The summed E-state index contributed by atoms with van der Waals surface area (Å²) in [6.45, 7) is 3.62. The highest BCUT2D eigenvalue weighted by atomic mass is 32.2. The molecule has 2 rings (SSSR count). The molecule has 0 aromatic heterocycles. The van der Waals surface area contributed by atoms with Gasteiger partial charge in [-0.1, -0.05) is 12.1 Å². The van der Waals surface area contributed by atoms with Crippen LogP contribution in [0.3, 0.4) is 0 Å². The van der Waals surface area contributed by atoms with E-state index in [1.807, 2.05) is 13.0 Å². The molecular formula is C19H24N2O5S. The number of anilines is 1. The van der Waals surface area contributed by atoms with Gasteiger partial charge in [-0.05, 0) is 49.2 Å². The van der Waals surface area contributed by atoms with Crippen LogP contribution in [0.5, 0.6) is 11.5 Å². The minimum absolute atomic E-state index is 0.287. The number of methoxy groups -OCH3 is 2. The van der Waals surface area contributed by atoms with Gasteiger partial charge in [-0.15, -0.1) is 0 Å². The van der Waals surface area contributed by atoms with Crippen molar-refractivity contribution in [2.45, 2.75) is 19.9 Å². The first-order chi connectivity index (χ1) is 12.6. The average molecular weight is 392 g/mol. The molecule has 1 atom stereocenters. The molecular weight excluding hydrogens is 368 g/mol. The summed E-state index contributed by atoms with van der Waals surface area (Å²) in [7, 11) is -0.323. The van der Waals surface area contributed by atoms with Gasteiger partial charge in [0.25, 0.3) is 5.91 Å². The quantitative estimate of drug-likeness (QED) is 0.756. The predicted octanol–water partition coefficient (Wildman–Crippen LogP) is 2.87. The van der Waals surface area contributed by atoms with Crippen molar-refractivity contribution in [2.75, 3.05) is 25.2 Å². The molecule has 0 saturated heterocycles. The number of nitrogens with one attached hydrogen (secondary N) is 2. The first-order valence-corrected chi connectivity index (χ1v) is 10.1. The highest BCUT2D eigenvalue weighted by Crippen LogP contribution is 2.30. The first-order valence-electron chi connectivity index (χ1n) is 8.26. The molecule has 0 saturated carbocycles. The van der Waals surface area contributed by atoms with E-state index in [4.69, 9.17) is 9.47 Å². The summed E-state index contributed by atoms with van der Waals surface area (Å²) >= 11 is 0. The molecule has 0 aliphatic carbocycles. The zero-order valence-corrected chi connectivity index (χ0v) is 16.8. The van der Waals surface area contributed by atoms with E-state index in [-0.39, 0.29) is 11.9 Å². The van der Waals surface area contributed by atoms with E-state index in [0.717, 1.165) is 17.4 Å². The van der Waals surface area contributed by atoms with E-state index in [1.165, 1.54) is 6.07 Å². The molecule has 146 valence electrons. The Labute approximate surface area is 159 Å². The normalized spacial score (nSPS) is 12.2. The number of rotatable bonds is 7. The number of hydrogen-bond acceptors (Lipinski definition) is 5. The third kappa shape index (κ3) is 5.37. The van der Waals surface area contributed by atoms with Crippen molar-refractivity contribution >= 4 is 21.6 Å². The highest BCUT2D eigenvalue weighted by Gasteiger charge is 2.15. The van der Waals surface area contributed by atoms with Crippen LogP contribution in [0.1, 0.15) is 34.5 Å². The van der Waals surface area contributed by atoms with E-state index < -0.39 is 10.0 Å². The van der Waals surface area contributed by atoms with Crippen molar-refractivity contribution in [3.8, 4) is 11.5 Å². The molecule has 0 aliphatic rings. The molecule has 0 aliphatic heterocycles. The van der Waals surface area contributed by atoms with Gasteiger partial charge >= 0.3 is 0 Å². The maximum atomic E-state index is 12.6. The van der Waals surface area contributed by atoms with Gasteiger partial charge in [0.2, 0.25) is 10.0 Å². The standard InChI is InChI=1S/C19H24N2O5S/c1-12-6-7-15(10-16(12)21-27(5,23)24)19(22)20-13(2)14-8-9-17(25-3)18(11-14)26-4/h6-11,13,21H,1-5H3,(H,20,22)/t13-/m1/s1. The maximum Gasteiger partial charge on any atom is 0.251 e. The number of carbonyl (C=O) groups is 1. The van der Waals surface area contributed by atoms with Crippen LogP contribution in [0.25, 0.3) is 0 Å². The highest BCUT2D eigenvalue weighted by molar-refractivity contribution is 7.92. The molecule has 0 radical (unpaired) electrons. The van der Waals surface area contributed by atoms with Crippen LogP contribution < -0.4 is 19.5 Å². The largest absolute Gasteiger partial charge is 0.493 e. The molecule has 2 N–H and O–H groups in total. The van der Waals surface area contributed by atoms with Gasteiger partial charge < -0.3 is 14.8 Å². The van der Waals surface area contributed by atoms with Crippen molar-refractivity contribution in [3.63, 3.8) is 0 Å². The van der Waals surface area contributed by atoms with E-state index in [2.05, 4.69) is 10.0 Å². The lowest BCUT2D eigenvalue weighted by Gasteiger charge is -2.17. The molecule has 2 aromatic rings. The summed E-state index contributed by atoms with van der Waals surface area (Å²) in [5.74, 6) is 0.870. The predicted molar refractivity (Wildman–Crippen MR) is 105 cm³/mol. The molecule has 0 fully saturated rings. The van der Waals surface area contributed by atoms with Gasteiger partial charge in [-0.3, -0.25) is 9.52 Å². The van der Waals surface area contributed by atoms with Crippen LogP contribution >= 0.6 is 0 Å². The summed E-state index contributed by atoms with van der Waals surface area (Å²) in [6, 6.07) is 10.0. The molecule has 0 heterocycles. The lowest BCUT2D eigenvalue weighted by atomic mass is 10.1. The van der Waals surface area contributed by atoms with Crippen LogP contribution in [0.2, 0.25) is 0 Å². The Bertz CT molecular complexity index is 941. The molecule has 0 spiro atoms. The molecule has 1 amide bonds. The second-order valence-electron chi connectivity index (χ2n) is 6.21. The minimum atomic E-state index is -3.43. The summed E-state index contributed by atoms with van der Waals surface area (Å²) in [5.41, 5.74) is 2.32. The van der Waals surface area contributed by atoms with Gasteiger partial charge in [-0.2, -0.15) is 0 Å². The van der Waals surface area contributed by atoms with Gasteiger partial charge in [0.05, 0.1) is 32.2 Å². The fourth-order valence-corrected chi connectivity index (χ4v) is 3.18.